The molecule has 27 heavy (non-hydrogen) atoms. The summed E-state index contributed by atoms with van der Waals surface area (Å²) in [6.45, 7) is 0.793. The standard InChI is InChI=1S/C20H19ClN4O2/c21-16-7-9-17(10-8-16)27-12-11-22-20(26)15-5-3-14(4-6-15)19-23-18(24-25-19)13-1-2-13/h3-10,13H,1-2,11-12H2,(H,22,26)(H,23,24,25). The minimum Gasteiger partial charge on any atom is -0.492 e. The summed E-state index contributed by atoms with van der Waals surface area (Å²) in [5.41, 5.74) is 1.48. The number of hydrogen-bond acceptors (Lipinski definition) is 4. The highest BCUT2D eigenvalue weighted by Crippen LogP contribution is 2.38. The van der Waals surface area contributed by atoms with Crippen LogP contribution < -0.4 is 10.1 Å². The molecule has 7 heteroatoms. The third-order valence-corrected chi connectivity index (χ3v) is 4.59. The van der Waals surface area contributed by atoms with E-state index in [0.717, 1.165) is 17.1 Å². The molecule has 0 unspecified atom stereocenters. The quantitative estimate of drug-likeness (QED) is 0.609. The van der Waals surface area contributed by atoms with Crippen LogP contribution in [0.25, 0.3) is 11.4 Å². The van der Waals surface area contributed by atoms with Gasteiger partial charge < -0.3 is 10.1 Å². The lowest BCUT2D eigenvalue weighted by Gasteiger charge is -2.08. The lowest BCUT2D eigenvalue weighted by atomic mass is 10.1. The van der Waals surface area contributed by atoms with Gasteiger partial charge in [-0.25, -0.2) is 4.98 Å². The molecule has 1 aliphatic rings. The summed E-state index contributed by atoms with van der Waals surface area (Å²) in [5, 5.41) is 10.7. The molecule has 0 radical (unpaired) electrons. The molecule has 6 nitrogen and oxygen atoms in total. The summed E-state index contributed by atoms with van der Waals surface area (Å²) >= 11 is 5.83. The second-order valence-electron chi connectivity index (χ2n) is 6.45. The highest BCUT2D eigenvalue weighted by molar-refractivity contribution is 6.30. The Labute approximate surface area is 161 Å². The molecule has 1 aliphatic carbocycles. The van der Waals surface area contributed by atoms with Crippen LogP contribution in [0.4, 0.5) is 0 Å². The van der Waals surface area contributed by atoms with Crippen molar-refractivity contribution in [3.05, 3.63) is 64.9 Å². The Bertz CT molecular complexity index is 918. The van der Waals surface area contributed by atoms with E-state index in [0.29, 0.717) is 35.5 Å². The smallest absolute Gasteiger partial charge is 0.251 e. The Morgan fingerprint density at radius 3 is 2.59 bits per heavy atom. The van der Waals surface area contributed by atoms with Crippen LogP contribution in [-0.4, -0.2) is 34.2 Å². The van der Waals surface area contributed by atoms with E-state index in [-0.39, 0.29) is 5.91 Å². The molecule has 1 heterocycles. The van der Waals surface area contributed by atoms with Crippen molar-refractivity contribution in [2.24, 2.45) is 0 Å². The fourth-order valence-electron chi connectivity index (χ4n) is 2.68. The van der Waals surface area contributed by atoms with Crippen molar-refractivity contribution >= 4 is 17.5 Å². The van der Waals surface area contributed by atoms with Crippen LogP contribution in [0.2, 0.25) is 5.02 Å². The molecular formula is C20H19ClN4O2. The zero-order chi connectivity index (χ0) is 18.6. The third kappa shape index (κ3) is 4.46. The molecule has 1 fully saturated rings. The molecule has 0 bridgehead atoms. The van der Waals surface area contributed by atoms with Gasteiger partial charge in [0.1, 0.15) is 18.2 Å². The van der Waals surface area contributed by atoms with Gasteiger partial charge in [0.05, 0.1) is 6.54 Å². The van der Waals surface area contributed by atoms with Crippen LogP contribution in [0, 0.1) is 0 Å². The number of aromatic nitrogens is 3. The first-order valence-corrected chi connectivity index (χ1v) is 9.26. The fraction of sp³-hybridized carbons (Fsp3) is 0.250. The highest BCUT2D eigenvalue weighted by Gasteiger charge is 2.27. The van der Waals surface area contributed by atoms with Crippen molar-refractivity contribution in [3.63, 3.8) is 0 Å². The summed E-state index contributed by atoms with van der Waals surface area (Å²) < 4.78 is 5.56. The van der Waals surface area contributed by atoms with Crippen LogP contribution in [0.5, 0.6) is 5.75 Å². The Morgan fingerprint density at radius 1 is 1.15 bits per heavy atom. The monoisotopic (exact) mass is 382 g/mol. The van der Waals surface area contributed by atoms with Crippen LogP contribution >= 0.6 is 11.6 Å². The topological polar surface area (TPSA) is 79.9 Å². The molecule has 1 saturated carbocycles. The Kier molecular flexibility index (Phi) is 5.07. The lowest BCUT2D eigenvalue weighted by Crippen LogP contribution is -2.28. The first kappa shape index (κ1) is 17.5. The first-order valence-electron chi connectivity index (χ1n) is 8.88. The number of aromatic amines is 1. The van der Waals surface area contributed by atoms with Crippen molar-refractivity contribution in [1.29, 1.82) is 0 Å². The summed E-state index contributed by atoms with van der Waals surface area (Å²) in [5.74, 6) is 2.73. The number of halogens is 1. The van der Waals surface area contributed by atoms with Gasteiger partial charge >= 0.3 is 0 Å². The van der Waals surface area contributed by atoms with Crippen molar-refractivity contribution in [2.75, 3.05) is 13.2 Å². The van der Waals surface area contributed by atoms with Gasteiger partial charge in [-0.1, -0.05) is 23.7 Å². The van der Waals surface area contributed by atoms with Gasteiger partial charge in [0, 0.05) is 22.1 Å². The number of rotatable bonds is 7. The maximum atomic E-state index is 12.2. The zero-order valence-corrected chi connectivity index (χ0v) is 15.4. The number of carbonyl (C=O) groups excluding carboxylic acids is 1. The number of nitrogens with one attached hydrogen (secondary N) is 2. The minimum absolute atomic E-state index is 0.144. The summed E-state index contributed by atoms with van der Waals surface area (Å²) in [7, 11) is 0. The van der Waals surface area contributed by atoms with Crippen molar-refractivity contribution in [2.45, 2.75) is 18.8 Å². The molecule has 2 aromatic carbocycles. The van der Waals surface area contributed by atoms with Gasteiger partial charge in [0.2, 0.25) is 0 Å². The highest BCUT2D eigenvalue weighted by atomic mass is 35.5. The number of nitrogens with zero attached hydrogens (tertiary/aromatic N) is 2. The number of H-pyrrole nitrogens is 1. The number of ether oxygens (including phenoxy) is 1. The summed E-state index contributed by atoms with van der Waals surface area (Å²) in [4.78, 5) is 16.7. The van der Waals surface area contributed by atoms with E-state index in [4.69, 9.17) is 16.3 Å². The maximum absolute atomic E-state index is 12.2. The van der Waals surface area contributed by atoms with Crippen molar-refractivity contribution < 1.29 is 9.53 Å². The van der Waals surface area contributed by atoms with E-state index < -0.39 is 0 Å². The molecule has 3 aromatic rings. The summed E-state index contributed by atoms with van der Waals surface area (Å²) in [6, 6.07) is 14.4. The number of benzene rings is 2. The molecule has 0 aliphatic heterocycles. The second-order valence-corrected chi connectivity index (χ2v) is 6.89. The van der Waals surface area contributed by atoms with Crippen LogP contribution in [-0.2, 0) is 0 Å². The number of carbonyl (C=O) groups is 1. The van der Waals surface area contributed by atoms with E-state index >= 15 is 0 Å². The van der Waals surface area contributed by atoms with Gasteiger partial charge in [-0.3, -0.25) is 9.89 Å². The van der Waals surface area contributed by atoms with Gasteiger partial charge in [0.15, 0.2) is 5.82 Å². The van der Waals surface area contributed by atoms with E-state index in [2.05, 4.69) is 20.5 Å². The van der Waals surface area contributed by atoms with E-state index in [1.54, 1.807) is 36.4 Å². The second kappa shape index (κ2) is 7.80. The average molecular weight is 383 g/mol. The van der Waals surface area contributed by atoms with Crippen LogP contribution in [0.1, 0.15) is 34.9 Å². The van der Waals surface area contributed by atoms with Crippen molar-refractivity contribution in [1.82, 2.24) is 20.5 Å². The maximum Gasteiger partial charge on any atom is 0.251 e. The Hall–Kier alpha value is -2.86. The number of amides is 1. The normalized spacial score (nSPS) is 13.4. The molecule has 138 valence electrons. The SMILES string of the molecule is O=C(NCCOc1ccc(Cl)cc1)c1ccc(-c2n[nH]c(C3CC3)n2)cc1. The zero-order valence-electron chi connectivity index (χ0n) is 14.6. The molecule has 4 rings (SSSR count). The molecule has 0 saturated heterocycles. The average Bonchev–Trinajstić information content (AvgIpc) is 3.43. The van der Waals surface area contributed by atoms with Crippen LogP contribution in [0.3, 0.4) is 0 Å². The van der Waals surface area contributed by atoms with E-state index in [1.807, 2.05) is 12.1 Å². The molecule has 0 spiro atoms. The first-order chi connectivity index (χ1) is 13.2. The Balaban J connectivity index is 1.27. The predicted molar refractivity (Wildman–Crippen MR) is 103 cm³/mol. The van der Waals surface area contributed by atoms with Crippen LogP contribution in [0.15, 0.2) is 48.5 Å². The summed E-state index contributed by atoms with van der Waals surface area (Å²) in [6.07, 6.45) is 2.35. The predicted octanol–water partition coefficient (Wildman–Crippen LogP) is 3.81. The Morgan fingerprint density at radius 2 is 1.89 bits per heavy atom. The molecule has 1 aromatic heterocycles. The van der Waals surface area contributed by atoms with E-state index in [9.17, 15) is 4.79 Å². The molecular weight excluding hydrogens is 364 g/mol. The van der Waals surface area contributed by atoms with E-state index in [1.165, 1.54) is 12.8 Å². The van der Waals surface area contributed by atoms with Gasteiger partial charge in [-0.2, -0.15) is 5.10 Å². The third-order valence-electron chi connectivity index (χ3n) is 4.34. The molecule has 1 amide bonds. The van der Waals surface area contributed by atoms with Gasteiger partial charge in [-0.15, -0.1) is 0 Å². The minimum atomic E-state index is -0.144. The largest absolute Gasteiger partial charge is 0.492 e. The molecule has 0 atom stereocenters. The van der Waals surface area contributed by atoms with Gasteiger partial charge in [-0.05, 0) is 49.2 Å². The fourth-order valence-corrected chi connectivity index (χ4v) is 2.81. The lowest BCUT2D eigenvalue weighted by molar-refractivity contribution is 0.0947. The number of hydrogen-bond donors (Lipinski definition) is 2. The van der Waals surface area contributed by atoms with Gasteiger partial charge in [0.25, 0.3) is 5.91 Å². The molecule has 2 N–H and O–H groups in total. The van der Waals surface area contributed by atoms with Crippen molar-refractivity contribution in [3.8, 4) is 17.1 Å².